The average Bonchev–Trinajstić information content (AvgIpc) is 3.05. The topological polar surface area (TPSA) is 66.9 Å². The Bertz CT molecular complexity index is 988. The van der Waals surface area contributed by atoms with Crippen molar-refractivity contribution < 1.29 is 27.9 Å². The van der Waals surface area contributed by atoms with Crippen molar-refractivity contribution in [2.24, 2.45) is 5.92 Å². The number of carbonyl (C=O) groups is 3. The highest BCUT2D eigenvalue weighted by molar-refractivity contribution is 6.44. The summed E-state index contributed by atoms with van der Waals surface area (Å²) in [5.41, 5.74) is 0.664. The molecule has 2 atom stereocenters. The van der Waals surface area contributed by atoms with E-state index in [4.69, 9.17) is 4.74 Å². The number of likely N-dealkylation sites (tertiary alicyclic amines) is 1. The van der Waals surface area contributed by atoms with Gasteiger partial charge in [-0.2, -0.15) is 0 Å². The van der Waals surface area contributed by atoms with Crippen molar-refractivity contribution in [1.82, 2.24) is 9.80 Å². The summed E-state index contributed by atoms with van der Waals surface area (Å²) in [5, 5.41) is 0. The van der Waals surface area contributed by atoms with E-state index < -0.39 is 41.1 Å². The van der Waals surface area contributed by atoms with Crippen LogP contribution in [0.1, 0.15) is 28.4 Å². The van der Waals surface area contributed by atoms with Gasteiger partial charge >= 0.3 is 0 Å². The molecule has 0 radical (unpaired) electrons. The van der Waals surface area contributed by atoms with E-state index in [2.05, 4.69) is 4.90 Å². The van der Waals surface area contributed by atoms with Gasteiger partial charge in [0.1, 0.15) is 17.6 Å². The van der Waals surface area contributed by atoms with Crippen molar-refractivity contribution in [3.05, 3.63) is 71.3 Å². The van der Waals surface area contributed by atoms with Crippen molar-refractivity contribution in [3.8, 4) is 0 Å². The molecule has 8 heteroatoms. The summed E-state index contributed by atoms with van der Waals surface area (Å²) in [5.74, 6) is -4.28. The van der Waals surface area contributed by atoms with E-state index in [-0.39, 0.29) is 12.1 Å². The SMILES string of the molecule is O=C1C(=O)N(CCCN2CCOCC2)C(c2ccc(F)cc2)C1C(=O)c1ccc(F)cc1. The van der Waals surface area contributed by atoms with E-state index in [0.717, 1.165) is 31.8 Å². The molecular weight excluding hydrogens is 418 g/mol. The van der Waals surface area contributed by atoms with Crippen molar-refractivity contribution in [2.75, 3.05) is 39.4 Å². The predicted molar refractivity (Wildman–Crippen MR) is 112 cm³/mol. The molecule has 4 rings (SSSR count). The second-order valence-corrected chi connectivity index (χ2v) is 8.02. The largest absolute Gasteiger partial charge is 0.379 e. The normalized spacial score (nSPS) is 21.9. The van der Waals surface area contributed by atoms with E-state index in [0.29, 0.717) is 25.2 Å². The zero-order valence-electron chi connectivity index (χ0n) is 17.5. The molecule has 0 aromatic heterocycles. The number of hydrogen-bond acceptors (Lipinski definition) is 5. The molecule has 2 fully saturated rings. The molecule has 0 aliphatic carbocycles. The average molecular weight is 442 g/mol. The van der Waals surface area contributed by atoms with Gasteiger partial charge < -0.3 is 9.64 Å². The third-order valence-corrected chi connectivity index (χ3v) is 6.01. The van der Waals surface area contributed by atoms with Crippen LogP contribution in [-0.4, -0.2) is 66.7 Å². The molecule has 0 N–H and O–H groups in total. The monoisotopic (exact) mass is 442 g/mol. The predicted octanol–water partition coefficient (Wildman–Crippen LogP) is 2.64. The molecule has 2 aromatic carbocycles. The summed E-state index contributed by atoms with van der Waals surface area (Å²) in [6, 6.07) is 9.52. The lowest BCUT2D eigenvalue weighted by molar-refractivity contribution is -0.140. The standard InChI is InChI=1S/C24H24F2N2O4/c25-18-6-2-16(3-7-18)21-20(22(29)17-4-8-19(26)9-5-17)23(30)24(31)28(21)11-1-10-27-12-14-32-15-13-27/h2-9,20-21H,1,10-15H2. The molecule has 168 valence electrons. The second-order valence-electron chi connectivity index (χ2n) is 8.02. The molecule has 1 amide bonds. The Labute approximate surface area is 184 Å². The maximum atomic E-state index is 13.5. The van der Waals surface area contributed by atoms with Crippen molar-refractivity contribution in [3.63, 3.8) is 0 Å². The van der Waals surface area contributed by atoms with Crippen LogP contribution >= 0.6 is 0 Å². The second kappa shape index (κ2) is 9.67. The summed E-state index contributed by atoms with van der Waals surface area (Å²) in [7, 11) is 0. The highest BCUT2D eigenvalue weighted by Gasteiger charge is 2.51. The number of rotatable bonds is 7. The van der Waals surface area contributed by atoms with Crippen LogP contribution in [0.3, 0.4) is 0 Å². The fourth-order valence-corrected chi connectivity index (χ4v) is 4.34. The lowest BCUT2D eigenvalue weighted by Gasteiger charge is -2.30. The van der Waals surface area contributed by atoms with Gasteiger partial charge in [0.15, 0.2) is 5.78 Å². The molecule has 0 bridgehead atoms. The lowest BCUT2D eigenvalue weighted by atomic mass is 9.86. The summed E-state index contributed by atoms with van der Waals surface area (Å²) in [4.78, 5) is 42.7. The highest BCUT2D eigenvalue weighted by Crippen LogP contribution is 2.38. The molecule has 6 nitrogen and oxygen atoms in total. The van der Waals surface area contributed by atoms with Gasteiger partial charge in [-0.1, -0.05) is 12.1 Å². The number of amides is 1. The summed E-state index contributed by atoms with van der Waals surface area (Å²) >= 11 is 0. The van der Waals surface area contributed by atoms with Crippen LogP contribution < -0.4 is 0 Å². The number of morpholine rings is 1. The zero-order valence-corrected chi connectivity index (χ0v) is 17.5. The van der Waals surface area contributed by atoms with E-state index in [1.54, 1.807) is 0 Å². The first-order valence-electron chi connectivity index (χ1n) is 10.7. The number of hydrogen-bond donors (Lipinski definition) is 0. The van der Waals surface area contributed by atoms with Gasteiger partial charge in [0.25, 0.3) is 5.91 Å². The lowest BCUT2D eigenvalue weighted by Crippen LogP contribution is -2.39. The van der Waals surface area contributed by atoms with Gasteiger partial charge in [-0.15, -0.1) is 0 Å². The molecule has 0 saturated carbocycles. The van der Waals surface area contributed by atoms with Gasteiger partial charge in [0.2, 0.25) is 5.78 Å². The van der Waals surface area contributed by atoms with Crippen molar-refractivity contribution in [1.29, 1.82) is 0 Å². The maximum Gasteiger partial charge on any atom is 0.291 e. The minimum absolute atomic E-state index is 0.153. The highest BCUT2D eigenvalue weighted by atomic mass is 19.1. The van der Waals surface area contributed by atoms with Crippen LogP contribution in [0.15, 0.2) is 48.5 Å². The maximum absolute atomic E-state index is 13.5. The molecule has 2 heterocycles. The van der Waals surface area contributed by atoms with Gasteiger partial charge in [0, 0.05) is 31.7 Å². The molecule has 2 saturated heterocycles. The fourth-order valence-electron chi connectivity index (χ4n) is 4.34. The summed E-state index contributed by atoms with van der Waals surface area (Å²) in [6.45, 7) is 3.95. The number of halogens is 2. The molecule has 2 aliphatic rings. The zero-order chi connectivity index (χ0) is 22.7. The van der Waals surface area contributed by atoms with E-state index in [9.17, 15) is 23.2 Å². The quantitative estimate of drug-likeness (QED) is 0.375. The Balaban J connectivity index is 1.60. The molecule has 0 spiro atoms. The van der Waals surface area contributed by atoms with E-state index in [1.165, 1.54) is 41.3 Å². The number of benzene rings is 2. The molecular formula is C24H24F2N2O4. The van der Waals surface area contributed by atoms with Gasteiger partial charge in [-0.3, -0.25) is 19.3 Å². The molecule has 2 aromatic rings. The molecule has 2 unspecified atom stereocenters. The van der Waals surface area contributed by atoms with Gasteiger partial charge in [0.05, 0.1) is 19.3 Å². The van der Waals surface area contributed by atoms with Crippen LogP contribution in [0.2, 0.25) is 0 Å². The van der Waals surface area contributed by atoms with E-state index >= 15 is 0 Å². The van der Waals surface area contributed by atoms with Crippen LogP contribution in [0.4, 0.5) is 8.78 Å². The smallest absolute Gasteiger partial charge is 0.291 e. The Morgan fingerprint density at radius 2 is 1.50 bits per heavy atom. The third kappa shape index (κ3) is 4.61. The first kappa shape index (κ1) is 22.2. The fraction of sp³-hybridized carbons (Fsp3) is 0.375. The Morgan fingerprint density at radius 1 is 0.906 bits per heavy atom. The minimum atomic E-state index is -1.26. The van der Waals surface area contributed by atoms with Crippen LogP contribution in [0, 0.1) is 17.6 Å². The first-order chi connectivity index (χ1) is 15.5. The summed E-state index contributed by atoms with van der Waals surface area (Å²) in [6.07, 6.45) is 0.619. The van der Waals surface area contributed by atoms with Gasteiger partial charge in [-0.05, 0) is 48.4 Å². The number of carbonyl (C=O) groups excluding carboxylic acids is 3. The van der Waals surface area contributed by atoms with Crippen LogP contribution in [0.25, 0.3) is 0 Å². The van der Waals surface area contributed by atoms with Gasteiger partial charge in [-0.25, -0.2) is 8.78 Å². The Hall–Kier alpha value is -2.97. The van der Waals surface area contributed by atoms with Crippen LogP contribution in [-0.2, 0) is 14.3 Å². The van der Waals surface area contributed by atoms with Crippen molar-refractivity contribution in [2.45, 2.75) is 12.5 Å². The minimum Gasteiger partial charge on any atom is -0.379 e. The molecule has 2 aliphatic heterocycles. The number of ketones is 2. The van der Waals surface area contributed by atoms with E-state index in [1.807, 2.05) is 0 Å². The number of Topliss-reactive ketones (excluding diaryl/α,β-unsaturated/α-hetero) is 2. The Kier molecular flexibility index (Phi) is 6.72. The Morgan fingerprint density at radius 3 is 2.12 bits per heavy atom. The summed E-state index contributed by atoms with van der Waals surface area (Å²) < 4.78 is 32.2. The number of ether oxygens (including phenoxy) is 1. The van der Waals surface area contributed by atoms with Crippen molar-refractivity contribution >= 4 is 17.5 Å². The number of nitrogens with zero attached hydrogens (tertiary/aromatic N) is 2. The third-order valence-electron chi connectivity index (χ3n) is 6.01. The first-order valence-corrected chi connectivity index (χ1v) is 10.7. The van der Waals surface area contributed by atoms with Crippen LogP contribution in [0.5, 0.6) is 0 Å². The molecule has 32 heavy (non-hydrogen) atoms.